The fourth-order valence-electron chi connectivity index (χ4n) is 2.07. The van der Waals surface area contributed by atoms with E-state index in [9.17, 15) is 0 Å². The van der Waals surface area contributed by atoms with E-state index in [-0.39, 0.29) is 6.61 Å². The van der Waals surface area contributed by atoms with Gasteiger partial charge in [0.05, 0.1) is 6.61 Å². The summed E-state index contributed by atoms with van der Waals surface area (Å²) in [4.78, 5) is 0. The summed E-state index contributed by atoms with van der Waals surface area (Å²) >= 11 is 0. The van der Waals surface area contributed by atoms with Gasteiger partial charge in [0, 0.05) is 6.61 Å². The summed E-state index contributed by atoms with van der Waals surface area (Å²) in [6.45, 7) is 3.25. The molecule has 0 bridgehead atoms. The molecule has 0 aliphatic heterocycles. The van der Waals surface area contributed by atoms with Crippen LogP contribution in [0.1, 0.15) is 77.6 Å². The molecule has 1 unspecified atom stereocenters. The third kappa shape index (κ3) is 15.9. The van der Waals surface area contributed by atoms with Gasteiger partial charge in [0.1, 0.15) is 6.23 Å². The monoisotopic (exact) mass is 259 g/mol. The first-order chi connectivity index (χ1) is 8.77. The molecule has 0 saturated carbocycles. The van der Waals surface area contributed by atoms with Crippen molar-refractivity contribution in [3.8, 4) is 0 Å². The molecule has 0 fully saturated rings. The van der Waals surface area contributed by atoms with Crippen LogP contribution in [0.3, 0.4) is 0 Å². The molecule has 0 heterocycles. The summed E-state index contributed by atoms with van der Waals surface area (Å²) < 4.78 is 5.20. The summed E-state index contributed by atoms with van der Waals surface area (Å²) in [5.74, 6) is 0. The standard InChI is InChI=1S/C15H33NO2/c1-2-3-4-5-6-7-8-9-10-11-12-13-18-14-15(16)17/h15,17H,2-14,16H2,1H3. The van der Waals surface area contributed by atoms with Crippen molar-refractivity contribution in [1.82, 2.24) is 0 Å². The molecule has 18 heavy (non-hydrogen) atoms. The molecule has 1 atom stereocenters. The quantitative estimate of drug-likeness (QED) is 0.370. The molecule has 110 valence electrons. The molecular weight excluding hydrogens is 226 g/mol. The van der Waals surface area contributed by atoms with Gasteiger partial charge in [0.2, 0.25) is 0 Å². The fourth-order valence-corrected chi connectivity index (χ4v) is 2.07. The number of nitrogens with two attached hydrogens (primary N) is 1. The number of aliphatic hydroxyl groups excluding tert-OH is 1. The van der Waals surface area contributed by atoms with Gasteiger partial charge in [-0.15, -0.1) is 0 Å². The van der Waals surface area contributed by atoms with E-state index in [1.165, 1.54) is 64.2 Å². The van der Waals surface area contributed by atoms with E-state index in [0.29, 0.717) is 0 Å². The number of rotatable bonds is 14. The molecule has 0 aromatic rings. The fraction of sp³-hybridized carbons (Fsp3) is 1.00. The number of ether oxygens (including phenoxy) is 1. The van der Waals surface area contributed by atoms with Crippen LogP contribution in [0.5, 0.6) is 0 Å². The van der Waals surface area contributed by atoms with Gasteiger partial charge in [-0.3, -0.25) is 0 Å². The van der Waals surface area contributed by atoms with Crippen LogP contribution in [-0.4, -0.2) is 24.5 Å². The van der Waals surface area contributed by atoms with E-state index in [4.69, 9.17) is 15.6 Å². The lowest BCUT2D eigenvalue weighted by atomic mass is 10.1. The highest BCUT2D eigenvalue weighted by Gasteiger charge is 1.96. The highest BCUT2D eigenvalue weighted by Crippen LogP contribution is 2.11. The van der Waals surface area contributed by atoms with E-state index >= 15 is 0 Å². The van der Waals surface area contributed by atoms with Crippen molar-refractivity contribution in [2.75, 3.05) is 13.2 Å². The molecule has 3 nitrogen and oxygen atoms in total. The van der Waals surface area contributed by atoms with Gasteiger partial charge in [-0.2, -0.15) is 0 Å². The second-order valence-electron chi connectivity index (χ2n) is 5.18. The van der Waals surface area contributed by atoms with Crippen LogP contribution in [0, 0.1) is 0 Å². The smallest absolute Gasteiger partial charge is 0.126 e. The third-order valence-electron chi connectivity index (χ3n) is 3.18. The molecule has 0 amide bonds. The molecule has 0 aliphatic rings. The normalized spacial score (nSPS) is 12.8. The summed E-state index contributed by atoms with van der Waals surface area (Å²) in [6.07, 6.45) is 13.9. The highest BCUT2D eigenvalue weighted by molar-refractivity contribution is 4.48. The zero-order chi connectivity index (χ0) is 13.5. The van der Waals surface area contributed by atoms with E-state index in [1.54, 1.807) is 0 Å². The minimum atomic E-state index is -0.822. The Hall–Kier alpha value is -0.120. The third-order valence-corrected chi connectivity index (χ3v) is 3.18. The van der Waals surface area contributed by atoms with Gasteiger partial charge in [-0.1, -0.05) is 71.1 Å². The Morgan fingerprint density at radius 1 is 0.833 bits per heavy atom. The Kier molecular flexibility index (Phi) is 14.8. The van der Waals surface area contributed by atoms with Crippen LogP contribution in [0.4, 0.5) is 0 Å². The Balaban J connectivity index is 2.90. The Bertz CT molecular complexity index is 151. The van der Waals surface area contributed by atoms with Crippen LogP contribution < -0.4 is 5.73 Å². The summed E-state index contributed by atoms with van der Waals surface area (Å²) in [5, 5.41) is 8.78. The zero-order valence-corrected chi connectivity index (χ0v) is 12.2. The molecule has 0 aromatic heterocycles. The first-order valence-corrected chi connectivity index (χ1v) is 7.78. The van der Waals surface area contributed by atoms with Gasteiger partial charge in [0.25, 0.3) is 0 Å². The lowest BCUT2D eigenvalue weighted by molar-refractivity contribution is 0.0385. The Labute approximate surface area is 113 Å². The topological polar surface area (TPSA) is 55.5 Å². The summed E-state index contributed by atoms with van der Waals surface area (Å²) in [6, 6.07) is 0. The van der Waals surface area contributed by atoms with E-state index in [2.05, 4.69) is 6.92 Å². The van der Waals surface area contributed by atoms with Gasteiger partial charge in [-0.25, -0.2) is 0 Å². The van der Waals surface area contributed by atoms with Crippen molar-refractivity contribution in [1.29, 1.82) is 0 Å². The number of unbranched alkanes of at least 4 members (excludes halogenated alkanes) is 10. The molecular formula is C15H33NO2. The van der Waals surface area contributed by atoms with E-state index < -0.39 is 6.23 Å². The van der Waals surface area contributed by atoms with E-state index in [0.717, 1.165) is 13.0 Å². The molecule has 3 N–H and O–H groups in total. The van der Waals surface area contributed by atoms with Crippen molar-refractivity contribution < 1.29 is 9.84 Å². The maximum absolute atomic E-state index is 8.78. The average Bonchev–Trinajstić information content (AvgIpc) is 2.34. The predicted molar refractivity (Wildman–Crippen MR) is 77.5 cm³/mol. The van der Waals surface area contributed by atoms with Crippen LogP contribution in [-0.2, 0) is 4.74 Å². The lowest BCUT2D eigenvalue weighted by Gasteiger charge is -2.06. The molecule has 0 spiro atoms. The van der Waals surface area contributed by atoms with Crippen LogP contribution in [0.15, 0.2) is 0 Å². The number of hydrogen-bond acceptors (Lipinski definition) is 3. The first-order valence-electron chi connectivity index (χ1n) is 7.78. The second-order valence-corrected chi connectivity index (χ2v) is 5.18. The van der Waals surface area contributed by atoms with Crippen LogP contribution >= 0.6 is 0 Å². The van der Waals surface area contributed by atoms with Gasteiger partial charge >= 0.3 is 0 Å². The van der Waals surface area contributed by atoms with Crippen molar-refractivity contribution in [3.63, 3.8) is 0 Å². The minimum absolute atomic E-state index is 0.262. The molecule has 0 saturated heterocycles. The maximum atomic E-state index is 8.78. The van der Waals surface area contributed by atoms with Crippen molar-refractivity contribution >= 4 is 0 Å². The second kappa shape index (κ2) is 14.9. The Morgan fingerprint density at radius 2 is 1.28 bits per heavy atom. The molecule has 0 aromatic carbocycles. The van der Waals surface area contributed by atoms with Gasteiger partial charge in [-0.05, 0) is 6.42 Å². The van der Waals surface area contributed by atoms with Crippen molar-refractivity contribution in [3.05, 3.63) is 0 Å². The van der Waals surface area contributed by atoms with Gasteiger partial charge < -0.3 is 15.6 Å². The molecule has 0 rings (SSSR count). The highest BCUT2D eigenvalue weighted by atomic mass is 16.5. The SMILES string of the molecule is CCCCCCCCCCCCCOCC(N)O. The molecule has 0 aliphatic carbocycles. The van der Waals surface area contributed by atoms with Crippen molar-refractivity contribution in [2.45, 2.75) is 83.8 Å². The van der Waals surface area contributed by atoms with Crippen molar-refractivity contribution in [2.24, 2.45) is 5.73 Å². The number of aliphatic hydroxyl groups is 1. The summed E-state index contributed by atoms with van der Waals surface area (Å²) in [7, 11) is 0. The number of hydrogen-bond donors (Lipinski definition) is 2. The predicted octanol–water partition coefficient (Wildman–Crippen LogP) is 3.59. The van der Waals surface area contributed by atoms with Crippen LogP contribution in [0.25, 0.3) is 0 Å². The van der Waals surface area contributed by atoms with E-state index in [1.807, 2.05) is 0 Å². The van der Waals surface area contributed by atoms with Gasteiger partial charge in [0.15, 0.2) is 0 Å². The lowest BCUT2D eigenvalue weighted by Crippen LogP contribution is -2.25. The largest absolute Gasteiger partial charge is 0.377 e. The zero-order valence-electron chi connectivity index (χ0n) is 12.2. The summed E-state index contributed by atoms with van der Waals surface area (Å²) in [5.41, 5.74) is 5.16. The molecule has 0 radical (unpaired) electrons. The van der Waals surface area contributed by atoms with Crippen LogP contribution in [0.2, 0.25) is 0 Å². The Morgan fingerprint density at radius 3 is 1.72 bits per heavy atom. The first kappa shape index (κ1) is 17.9. The minimum Gasteiger partial charge on any atom is -0.377 e. The maximum Gasteiger partial charge on any atom is 0.126 e. The average molecular weight is 259 g/mol. The molecule has 3 heteroatoms.